The Labute approximate surface area is 140 Å². The van der Waals surface area contributed by atoms with E-state index >= 15 is 0 Å². The van der Waals surface area contributed by atoms with Crippen LogP contribution in [-0.4, -0.2) is 62.4 Å². The highest BCUT2D eigenvalue weighted by Gasteiger charge is 2.36. The molecule has 128 valence electrons. The third-order valence-electron chi connectivity index (χ3n) is 4.65. The molecule has 7 heteroatoms. The van der Waals surface area contributed by atoms with E-state index < -0.39 is 5.54 Å². The Bertz CT molecular complexity index is 497. The zero-order valence-electron chi connectivity index (χ0n) is 13.3. The predicted molar refractivity (Wildman–Crippen MR) is 89.4 cm³/mol. The summed E-state index contributed by atoms with van der Waals surface area (Å²) in [6.45, 7) is 4.96. The van der Waals surface area contributed by atoms with E-state index in [1.807, 2.05) is 0 Å². The van der Waals surface area contributed by atoms with Crippen LogP contribution in [0.2, 0.25) is 0 Å². The van der Waals surface area contributed by atoms with Gasteiger partial charge in [0.1, 0.15) is 0 Å². The molecular weight excluding hydrogens is 314 g/mol. The Hall–Kier alpha value is -0.990. The average molecular weight is 339 g/mol. The highest BCUT2D eigenvalue weighted by molar-refractivity contribution is 7.10. The van der Waals surface area contributed by atoms with Crippen LogP contribution in [0.4, 0.5) is 0 Å². The lowest BCUT2D eigenvalue weighted by Gasteiger charge is -2.36. The number of amides is 1. The number of carbonyl (C=O) groups is 1. The second-order valence-corrected chi connectivity index (χ2v) is 7.14. The first-order valence-electron chi connectivity index (χ1n) is 8.19. The molecule has 2 aliphatic rings. The van der Waals surface area contributed by atoms with Gasteiger partial charge in [0.05, 0.1) is 24.8 Å². The fourth-order valence-electron chi connectivity index (χ4n) is 3.11. The minimum Gasteiger partial charge on any atom is -0.381 e. The molecule has 1 amide bonds. The minimum absolute atomic E-state index is 0.0596. The summed E-state index contributed by atoms with van der Waals surface area (Å²) in [6, 6.07) is 4.37. The van der Waals surface area contributed by atoms with E-state index in [0.717, 1.165) is 26.3 Å². The molecule has 3 N–H and O–H groups in total. The van der Waals surface area contributed by atoms with Gasteiger partial charge in [-0.25, -0.2) is 0 Å². The smallest absolute Gasteiger partial charge is 0.240 e. The van der Waals surface area contributed by atoms with Crippen molar-refractivity contribution in [3.8, 4) is 0 Å². The van der Waals surface area contributed by atoms with Crippen LogP contribution in [0.5, 0.6) is 0 Å². The maximum Gasteiger partial charge on any atom is 0.240 e. The molecule has 0 aromatic carbocycles. The molecule has 0 radical (unpaired) electrons. The molecule has 2 saturated heterocycles. The molecule has 1 atom stereocenters. The van der Waals surface area contributed by atoms with Crippen LogP contribution >= 0.6 is 11.3 Å². The number of hydrogen-bond acceptors (Lipinski definition) is 6. The van der Waals surface area contributed by atoms with Gasteiger partial charge in [0.25, 0.3) is 0 Å². The van der Waals surface area contributed by atoms with E-state index in [4.69, 9.17) is 15.2 Å². The summed E-state index contributed by atoms with van der Waals surface area (Å²) in [6.07, 6.45) is 1.17. The molecule has 1 unspecified atom stereocenters. The van der Waals surface area contributed by atoms with E-state index in [1.54, 1.807) is 11.3 Å². The summed E-state index contributed by atoms with van der Waals surface area (Å²) in [5.74, 6) is -0.0596. The molecule has 0 aliphatic carbocycles. The van der Waals surface area contributed by atoms with Crippen LogP contribution in [0, 0.1) is 0 Å². The van der Waals surface area contributed by atoms with Gasteiger partial charge < -0.3 is 20.5 Å². The molecule has 2 aliphatic heterocycles. The van der Waals surface area contributed by atoms with Crippen LogP contribution in [0.1, 0.15) is 23.8 Å². The standard InChI is InChI=1S/C16H25N3O3S/c17-16(3-7-21-8-4-16)15(20)18-12-13(14-2-1-11-23-14)19-5-9-22-10-6-19/h1-2,11,13H,3-10,12,17H2,(H,18,20). The summed E-state index contributed by atoms with van der Waals surface area (Å²) < 4.78 is 10.8. The maximum atomic E-state index is 12.5. The van der Waals surface area contributed by atoms with Gasteiger partial charge in [-0.1, -0.05) is 6.07 Å². The zero-order valence-corrected chi connectivity index (χ0v) is 14.1. The number of thiophene rings is 1. The number of carbonyl (C=O) groups excluding carboxylic acids is 1. The third kappa shape index (κ3) is 4.10. The predicted octanol–water partition coefficient (Wildman–Crippen LogP) is 0.745. The van der Waals surface area contributed by atoms with Crippen molar-refractivity contribution in [2.24, 2.45) is 5.73 Å². The van der Waals surface area contributed by atoms with Gasteiger partial charge >= 0.3 is 0 Å². The molecular formula is C16H25N3O3S. The van der Waals surface area contributed by atoms with Crippen molar-refractivity contribution in [1.82, 2.24) is 10.2 Å². The lowest BCUT2D eigenvalue weighted by Crippen LogP contribution is -2.58. The summed E-state index contributed by atoms with van der Waals surface area (Å²) in [5.41, 5.74) is 5.47. The van der Waals surface area contributed by atoms with Gasteiger partial charge in [-0.15, -0.1) is 11.3 Å². The van der Waals surface area contributed by atoms with Crippen LogP contribution in [0.25, 0.3) is 0 Å². The van der Waals surface area contributed by atoms with Crippen LogP contribution < -0.4 is 11.1 Å². The van der Waals surface area contributed by atoms with Crippen LogP contribution in [-0.2, 0) is 14.3 Å². The number of rotatable bonds is 5. The van der Waals surface area contributed by atoms with Crippen molar-refractivity contribution in [3.05, 3.63) is 22.4 Å². The Morgan fingerprint density at radius 1 is 1.30 bits per heavy atom. The lowest BCUT2D eigenvalue weighted by atomic mass is 9.90. The van der Waals surface area contributed by atoms with Crippen molar-refractivity contribution in [2.45, 2.75) is 24.4 Å². The average Bonchev–Trinajstić information content (AvgIpc) is 3.11. The molecule has 0 bridgehead atoms. The summed E-state index contributed by atoms with van der Waals surface area (Å²) in [7, 11) is 0. The van der Waals surface area contributed by atoms with Gasteiger partial charge in [0.15, 0.2) is 0 Å². The van der Waals surface area contributed by atoms with Gasteiger partial charge in [-0.2, -0.15) is 0 Å². The van der Waals surface area contributed by atoms with Gasteiger partial charge in [-0.05, 0) is 24.3 Å². The highest BCUT2D eigenvalue weighted by Crippen LogP contribution is 2.26. The molecule has 3 heterocycles. The second-order valence-electron chi connectivity index (χ2n) is 6.16. The molecule has 6 nitrogen and oxygen atoms in total. The normalized spacial score (nSPS) is 23.3. The van der Waals surface area contributed by atoms with Gasteiger partial charge in [0, 0.05) is 37.7 Å². The van der Waals surface area contributed by atoms with Crippen molar-refractivity contribution in [3.63, 3.8) is 0 Å². The van der Waals surface area contributed by atoms with E-state index in [2.05, 4.69) is 27.7 Å². The largest absolute Gasteiger partial charge is 0.381 e. The molecule has 1 aromatic rings. The monoisotopic (exact) mass is 339 g/mol. The molecule has 2 fully saturated rings. The number of nitrogens with zero attached hydrogens (tertiary/aromatic N) is 1. The van der Waals surface area contributed by atoms with Gasteiger partial charge in [-0.3, -0.25) is 9.69 Å². The SMILES string of the molecule is NC1(C(=O)NCC(c2cccs2)N2CCOCC2)CCOCC1. The van der Waals surface area contributed by atoms with Crippen molar-refractivity contribution in [1.29, 1.82) is 0 Å². The molecule has 1 aromatic heterocycles. The van der Waals surface area contributed by atoms with Crippen molar-refractivity contribution in [2.75, 3.05) is 46.1 Å². The first-order chi connectivity index (χ1) is 11.2. The Morgan fingerprint density at radius 3 is 2.65 bits per heavy atom. The van der Waals surface area contributed by atoms with E-state index in [-0.39, 0.29) is 11.9 Å². The Morgan fingerprint density at radius 2 is 2.00 bits per heavy atom. The summed E-state index contributed by atoms with van der Waals surface area (Å²) in [4.78, 5) is 16.2. The second kappa shape index (κ2) is 7.72. The molecule has 23 heavy (non-hydrogen) atoms. The summed E-state index contributed by atoms with van der Waals surface area (Å²) >= 11 is 1.73. The minimum atomic E-state index is -0.788. The quantitative estimate of drug-likeness (QED) is 0.828. The first kappa shape index (κ1) is 16.9. The van der Waals surface area contributed by atoms with Crippen molar-refractivity contribution < 1.29 is 14.3 Å². The van der Waals surface area contributed by atoms with E-state index in [1.165, 1.54) is 4.88 Å². The lowest BCUT2D eigenvalue weighted by molar-refractivity contribution is -0.130. The van der Waals surface area contributed by atoms with E-state index in [9.17, 15) is 4.79 Å². The number of hydrogen-bond donors (Lipinski definition) is 2. The van der Waals surface area contributed by atoms with Gasteiger partial charge in [0.2, 0.25) is 5.91 Å². The number of morpholine rings is 1. The molecule has 0 saturated carbocycles. The van der Waals surface area contributed by atoms with Crippen LogP contribution in [0.3, 0.4) is 0 Å². The zero-order chi connectivity index (χ0) is 16.1. The number of ether oxygens (including phenoxy) is 2. The highest BCUT2D eigenvalue weighted by atomic mass is 32.1. The Kier molecular flexibility index (Phi) is 5.66. The van der Waals surface area contributed by atoms with Crippen molar-refractivity contribution >= 4 is 17.2 Å². The maximum absolute atomic E-state index is 12.5. The third-order valence-corrected chi connectivity index (χ3v) is 5.62. The fraction of sp³-hybridized carbons (Fsp3) is 0.688. The molecule has 0 spiro atoms. The fourth-order valence-corrected chi connectivity index (χ4v) is 3.97. The molecule has 3 rings (SSSR count). The number of nitrogens with one attached hydrogen (secondary N) is 1. The Balaban J connectivity index is 1.63. The summed E-state index contributed by atoms with van der Waals surface area (Å²) in [5, 5.41) is 5.16. The number of nitrogens with two attached hydrogens (primary N) is 1. The first-order valence-corrected chi connectivity index (χ1v) is 9.07. The topological polar surface area (TPSA) is 76.8 Å². The van der Waals surface area contributed by atoms with E-state index in [0.29, 0.717) is 32.6 Å². The van der Waals surface area contributed by atoms with Crippen LogP contribution in [0.15, 0.2) is 17.5 Å².